The number of fused-ring (bicyclic) bond motifs is 1. The maximum atomic E-state index is 12.5. The molecule has 1 aliphatic heterocycles. The topological polar surface area (TPSA) is 50.1 Å². The van der Waals surface area contributed by atoms with Gasteiger partial charge in [0.15, 0.2) is 10.1 Å². The van der Waals surface area contributed by atoms with E-state index in [1.54, 1.807) is 19.3 Å². The number of methoxy groups -OCH3 is 1. The largest absolute Gasteiger partial charge is 0.497 e. The first-order valence-corrected chi connectivity index (χ1v) is 9.88. The van der Waals surface area contributed by atoms with Gasteiger partial charge < -0.3 is 14.5 Å². The molecule has 3 heterocycles. The summed E-state index contributed by atoms with van der Waals surface area (Å²) in [6, 6.07) is 8.00. The van der Waals surface area contributed by atoms with E-state index in [0.29, 0.717) is 18.2 Å². The summed E-state index contributed by atoms with van der Waals surface area (Å²) in [7, 11) is 1.66. The van der Waals surface area contributed by atoms with Crippen LogP contribution in [0.5, 0.6) is 5.75 Å². The summed E-state index contributed by atoms with van der Waals surface area (Å²) in [5.41, 5.74) is 1.88. The van der Waals surface area contributed by atoms with E-state index < -0.39 is 0 Å². The Morgan fingerprint density at radius 2 is 1.96 bits per heavy atom. The molecule has 6 nitrogen and oxygen atoms in total. The standard InChI is InChI=1S/C19H19ClN4O2S/c1-26-15-4-2-14(3-5-15)22-8-10-23(11-9-22)17(25)7-6-16-18(20)21-19-24(16)12-13-27-19/h2-7,12-13H,8-11H2,1H3/b7-6+. The molecule has 140 valence electrons. The molecule has 1 aliphatic rings. The Hall–Kier alpha value is -2.51. The second kappa shape index (κ2) is 7.62. The van der Waals surface area contributed by atoms with Crippen LogP contribution in [0.15, 0.2) is 41.9 Å². The van der Waals surface area contributed by atoms with Gasteiger partial charge in [0.2, 0.25) is 5.91 Å². The number of thiazole rings is 1. The highest BCUT2D eigenvalue weighted by Gasteiger charge is 2.20. The second-order valence-electron chi connectivity index (χ2n) is 6.19. The minimum absolute atomic E-state index is 0.00868. The maximum Gasteiger partial charge on any atom is 0.246 e. The third-order valence-corrected chi connectivity index (χ3v) is 5.70. The van der Waals surface area contributed by atoms with E-state index in [-0.39, 0.29) is 5.91 Å². The van der Waals surface area contributed by atoms with Gasteiger partial charge in [0.05, 0.1) is 12.8 Å². The van der Waals surface area contributed by atoms with Crippen LogP contribution in [-0.4, -0.2) is 53.5 Å². The smallest absolute Gasteiger partial charge is 0.246 e. The predicted molar refractivity (Wildman–Crippen MR) is 109 cm³/mol. The molecule has 0 bridgehead atoms. The first kappa shape index (κ1) is 17.9. The lowest BCUT2D eigenvalue weighted by molar-refractivity contribution is -0.126. The van der Waals surface area contributed by atoms with Crippen LogP contribution in [0.2, 0.25) is 5.15 Å². The van der Waals surface area contributed by atoms with Gasteiger partial charge in [-0.25, -0.2) is 4.98 Å². The molecule has 0 aliphatic carbocycles. The number of carbonyl (C=O) groups excluding carboxylic acids is 1. The first-order valence-electron chi connectivity index (χ1n) is 8.63. The van der Waals surface area contributed by atoms with E-state index in [9.17, 15) is 4.79 Å². The van der Waals surface area contributed by atoms with Gasteiger partial charge in [0, 0.05) is 49.5 Å². The number of hydrogen-bond acceptors (Lipinski definition) is 5. The molecule has 0 spiro atoms. The van der Waals surface area contributed by atoms with E-state index in [0.717, 1.165) is 35.2 Å². The van der Waals surface area contributed by atoms with Gasteiger partial charge in [-0.15, -0.1) is 11.3 Å². The van der Waals surface area contributed by atoms with Gasteiger partial charge in [0.25, 0.3) is 0 Å². The van der Waals surface area contributed by atoms with Crippen LogP contribution in [0, 0.1) is 0 Å². The van der Waals surface area contributed by atoms with Gasteiger partial charge in [0.1, 0.15) is 5.75 Å². The van der Waals surface area contributed by atoms with Crippen LogP contribution >= 0.6 is 22.9 Å². The zero-order chi connectivity index (χ0) is 18.8. The fourth-order valence-corrected chi connectivity index (χ4v) is 4.16. The summed E-state index contributed by atoms with van der Waals surface area (Å²) in [5.74, 6) is 0.835. The molecule has 1 aromatic carbocycles. The van der Waals surface area contributed by atoms with Gasteiger partial charge in [-0.05, 0) is 30.3 Å². The van der Waals surface area contributed by atoms with Crippen LogP contribution < -0.4 is 9.64 Å². The average Bonchev–Trinajstić information content (AvgIpc) is 3.27. The minimum atomic E-state index is -0.00868. The van der Waals surface area contributed by atoms with Crippen molar-refractivity contribution >= 4 is 45.6 Å². The SMILES string of the molecule is COc1ccc(N2CCN(C(=O)/C=C/c3c(Cl)nc4sccn34)CC2)cc1. The Morgan fingerprint density at radius 3 is 2.67 bits per heavy atom. The molecule has 1 amide bonds. The van der Waals surface area contributed by atoms with E-state index in [1.165, 1.54) is 11.3 Å². The summed E-state index contributed by atoms with van der Waals surface area (Å²) >= 11 is 7.68. The number of ether oxygens (including phenoxy) is 1. The minimum Gasteiger partial charge on any atom is -0.497 e. The summed E-state index contributed by atoms with van der Waals surface area (Å²) < 4.78 is 7.09. The van der Waals surface area contributed by atoms with Gasteiger partial charge >= 0.3 is 0 Å². The van der Waals surface area contributed by atoms with E-state index >= 15 is 0 Å². The van der Waals surface area contributed by atoms with Crippen molar-refractivity contribution in [2.45, 2.75) is 0 Å². The predicted octanol–water partition coefficient (Wildman–Crippen LogP) is 3.42. The fourth-order valence-electron chi connectivity index (χ4n) is 3.16. The molecule has 0 N–H and O–H groups in total. The molecule has 0 unspecified atom stereocenters. The van der Waals surface area contributed by atoms with Crippen molar-refractivity contribution in [2.24, 2.45) is 0 Å². The molecular weight excluding hydrogens is 384 g/mol. The third kappa shape index (κ3) is 3.65. The van der Waals surface area contributed by atoms with Gasteiger partial charge in [-0.1, -0.05) is 11.6 Å². The normalized spacial score (nSPS) is 15.0. The first-order chi connectivity index (χ1) is 13.2. The van der Waals surface area contributed by atoms with Crippen LogP contribution in [0.3, 0.4) is 0 Å². The number of imidazole rings is 1. The highest BCUT2D eigenvalue weighted by Crippen LogP contribution is 2.23. The summed E-state index contributed by atoms with van der Waals surface area (Å²) in [6.07, 6.45) is 5.22. The summed E-state index contributed by atoms with van der Waals surface area (Å²) in [5, 5.41) is 2.35. The van der Waals surface area contributed by atoms with Crippen molar-refractivity contribution in [3.05, 3.63) is 52.8 Å². The number of anilines is 1. The lowest BCUT2D eigenvalue weighted by Crippen LogP contribution is -2.48. The van der Waals surface area contributed by atoms with Crippen molar-refractivity contribution in [3.8, 4) is 5.75 Å². The molecule has 4 rings (SSSR count). The zero-order valence-electron chi connectivity index (χ0n) is 14.8. The van der Waals surface area contributed by atoms with Crippen molar-refractivity contribution in [1.29, 1.82) is 0 Å². The van der Waals surface area contributed by atoms with Crippen LogP contribution in [0.4, 0.5) is 5.69 Å². The number of benzene rings is 1. The summed E-state index contributed by atoms with van der Waals surface area (Å²) in [6.45, 7) is 2.97. The summed E-state index contributed by atoms with van der Waals surface area (Å²) in [4.78, 5) is 21.8. The second-order valence-corrected chi connectivity index (χ2v) is 7.42. The third-order valence-electron chi connectivity index (χ3n) is 4.67. The van der Waals surface area contributed by atoms with Crippen LogP contribution in [0.25, 0.3) is 11.0 Å². The molecule has 3 aromatic rings. The van der Waals surface area contributed by atoms with Crippen molar-refractivity contribution in [1.82, 2.24) is 14.3 Å². The Morgan fingerprint density at radius 1 is 1.22 bits per heavy atom. The quantitative estimate of drug-likeness (QED) is 0.627. The number of amides is 1. The van der Waals surface area contributed by atoms with Crippen LogP contribution in [-0.2, 0) is 4.79 Å². The number of rotatable bonds is 4. The van der Waals surface area contributed by atoms with Gasteiger partial charge in [-0.2, -0.15) is 0 Å². The molecule has 0 radical (unpaired) electrons. The molecule has 2 aromatic heterocycles. The highest BCUT2D eigenvalue weighted by atomic mass is 35.5. The lowest BCUT2D eigenvalue weighted by Gasteiger charge is -2.35. The molecule has 8 heteroatoms. The number of aromatic nitrogens is 2. The van der Waals surface area contributed by atoms with E-state index in [2.05, 4.69) is 9.88 Å². The van der Waals surface area contributed by atoms with Crippen molar-refractivity contribution in [2.75, 3.05) is 38.2 Å². The van der Waals surface area contributed by atoms with Gasteiger partial charge in [-0.3, -0.25) is 9.20 Å². The molecule has 0 saturated carbocycles. The molecule has 1 saturated heterocycles. The van der Waals surface area contributed by atoms with Crippen LogP contribution in [0.1, 0.15) is 5.69 Å². The molecule has 1 fully saturated rings. The average molecular weight is 403 g/mol. The van der Waals surface area contributed by atoms with Crippen molar-refractivity contribution in [3.63, 3.8) is 0 Å². The molecular formula is C19H19ClN4O2S. The molecule has 0 atom stereocenters. The maximum absolute atomic E-state index is 12.5. The Labute approximate surface area is 166 Å². The Kier molecular flexibility index (Phi) is 5.05. The van der Waals surface area contributed by atoms with E-state index in [1.807, 2.05) is 45.1 Å². The number of halogens is 1. The number of carbonyl (C=O) groups is 1. The zero-order valence-corrected chi connectivity index (χ0v) is 16.4. The number of piperazine rings is 1. The molecule has 27 heavy (non-hydrogen) atoms. The Balaban J connectivity index is 1.38. The Bertz CT molecular complexity index is 971. The van der Waals surface area contributed by atoms with E-state index in [4.69, 9.17) is 16.3 Å². The lowest BCUT2D eigenvalue weighted by atomic mass is 10.2. The highest BCUT2D eigenvalue weighted by molar-refractivity contribution is 7.15. The monoisotopic (exact) mass is 402 g/mol. The van der Waals surface area contributed by atoms with Crippen molar-refractivity contribution < 1.29 is 9.53 Å². The number of nitrogens with zero attached hydrogens (tertiary/aromatic N) is 4. The fraction of sp³-hybridized carbons (Fsp3) is 0.263. The number of hydrogen-bond donors (Lipinski definition) is 0.